The topological polar surface area (TPSA) is 66.2 Å². The lowest BCUT2D eigenvalue weighted by Crippen LogP contribution is -2.16. The van der Waals surface area contributed by atoms with Gasteiger partial charge in [0, 0.05) is 6.54 Å². The molecule has 0 fully saturated rings. The molecular formula is C16H21N3O3S. The Morgan fingerprint density at radius 3 is 2.61 bits per heavy atom. The molecule has 0 amide bonds. The van der Waals surface area contributed by atoms with Crippen molar-refractivity contribution in [1.29, 1.82) is 0 Å². The summed E-state index contributed by atoms with van der Waals surface area (Å²) in [6, 6.07) is 7.85. The summed E-state index contributed by atoms with van der Waals surface area (Å²) in [6.07, 6.45) is 0. The van der Waals surface area contributed by atoms with Crippen molar-refractivity contribution in [2.24, 2.45) is 0 Å². The van der Waals surface area contributed by atoms with Gasteiger partial charge >= 0.3 is 5.97 Å². The van der Waals surface area contributed by atoms with Crippen molar-refractivity contribution in [3.63, 3.8) is 0 Å². The molecule has 124 valence electrons. The number of carbonyl (C=O) groups is 1. The predicted octanol–water partition coefficient (Wildman–Crippen LogP) is 2.84. The maximum absolute atomic E-state index is 11.5. The lowest BCUT2D eigenvalue weighted by Gasteiger charge is -2.11. The van der Waals surface area contributed by atoms with Gasteiger partial charge < -0.3 is 14.0 Å². The van der Waals surface area contributed by atoms with Gasteiger partial charge in [0.25, 0.3) is 0 Å². The molecule has 0 spiro atoms. The largest absolute Gasteiger partial charge is 0.486 e. The molecule has 0 aliphatic carbocycles. The molecule has 0 saturated carbocycles. The fourth-order valence-corrected chi connectivity index (χ4v) is 2.94. The lowest BCUT2D eigenvalue weighted by molar-refractivity contribution is -0.139. The Bertz CT molecular complexity index is 655. The molecule has 7 heteroatoms. The number of thioether (sulfide) groups is 1. The van der Waals surface area contributed by atoms with Crippen LogP contribution in [0.5, 0.6) is 5.75 Å². The molecule has 0 aliphatic rings. The average Bonchev–Trinajstić information content (AvgIpc) is 2.95. The Labute approximate surface area is 140 Å². The fourth-order valence-electron chi connectivity index (χ4n) is 1.99. The quantitative estimate of drug-likeness (QED) is 0.572. The van der Waals surface area contributed by atoms with Crippen LogP contribution in [0.3, 0.4) is 0 Å². The van der Waals surface area contributed by atoms with Crippen LogP contribution < -0.4 is 4.74 Å². The minimum absolute atomic E-state index is 0.280. The zero-order valence-electron chi connectivity index (χ0n) is 13.8. The average molecular weight is 335 g/mol. The molecule has 0 aliphatic heterocycles. The van der Waals surface area contributed by atoms with E-state index in [0.29, 0.717) is 18.3 Å². The van der Waals surface area contributed by atoms with Crippen molar-refractivity contribution in [2.45, 2.75) is 44.3 Å². The Kier molecular flexibility index (Phi) is 6.04. The van der Waals surface area contributed by atoms with E-state index in [-0.39, 0.29) is 11.2 Å². The number of benzene rings is 1. The molecule has 2 aromatic rings. The number of ether oxygens (including phenoxy) is 2. The van der Waals surface area contributed by atoms with E-state index in [9.17, 15) is 4.79 Å². The lowest BCUT2D eigenvalue weighted by atomic mass is 10.2. The van der Waals surface area contributed by atoms with Gasteiger partial charge in [-0.1, -0.05) is 29.5 Å². The SMILES string of the molecule is CCn1c(COc2ccc(C)cc2)nnc1SC(C)C(=O)OC. The van der Waals surface area contributed by atoms with E-state index in [1.54, 1.807) is 6.92 Å². The van der Waals surface area contributed by atoms with Gasteiger partial charge in [0.15, 0.2) is 11.0 Å². The highest BCUT2D eigenvalue weighted by Crippen LogP contribution is 2.23. The molecule has 0 N–H and O–H groups in total. The first-order valence-corrected chi connectivity index (χ1v) is 8.29. The Hall–Kier alpha value is -2.02. The highest BCUT2D eigenvalue weighted by Gasteiger charge is 2.20. The molecule has 6 nitrogen and oxygen atoms in total. The molecule has 0 saturated heterocycles. The van der Waals surface area contributed by atoms with Crippen LogP contribution >= 0.6 is 11.8 Å². The standard InChI is InChI=1S/C16H21N3O3S/c1-5-19-14(10-22-13-8-6-11(2)7-9-13)17-18-16(19)23-12(3)15(20)21-4/h6-9,12H,5,10H2,1-4H3. The number of methoxy groups -OCH3 is 1. The van der Waals surface area contributed by atoms with Crippen LogP contribution in [0.2, 0.25) is 0 Å². The number of nitrogens with zero attached hydrogens (tertiary/aromatic N) is 3. The number of hydrogen-bond donors (Lipinski definition) is 0. The summed E-state index contributed by atoms with van der Waals surface area (Å²) in [5.41, 5.74) is 1.18. The van der Waals surface area contributed by atoms with Crippen molar-refractivity contribution in [2.75, 3.05) is 7.11 Å². The zero-order valence-corrected chi connectivity index (χ0v) is 14.6. The van der Waals surface area contributed by atoms with Crippen molar-refractivity contribution >= 4 is 17.7 Å². The van der Waals surface area contributed by atoms with E-state index < -0.39 is 0 Å². The van der Waals surface area contributed by atoms with Crippen molar-refractivity contribution in [3.05, 3.63) is 35.7 Å². The normalized spacial score (nSPS) is 12.0. The second kappa shape index (κ2) is 8.01. The van der Waals surface area contributed by atoms with Crippen molar-refractivity contribution in [1.82, 2.24) is 14.8 Å². The van der Waals surface area contributed by atoms with Crippen LogP contribution in [0.1, 0.15) is 25.2 Å². The molecule has 1 atom stereocenters. The summed E-state index contributed by atoms with van der Waals surface area (Å²) in [4.78, 5) is 11.5. The van der Waals surface area contributed by atoms with Crippen LogP contribution in [0.25, 0.3) is 0 Å². The minimum Gasteiger partial charge on any atom is -0.486 e. The van der Waals surface area contributed by atoms with E-state index in [2.05, 4.69) is 10.2 Å². The fraction of sp³-hybridized carbons (Fsp3) is 0.438. The van der Waals surface area contributed by atoms with Crippen LogP contribution in [-0.4, -0.2) is 33.1 Å². The number of aryl methyl sites for hydroxylation is 1. The highest BCUT2D eigenvalue weighted by atomic mass is 32.2. The summed E-state index contributed by atoms with van der Waals surface area (Å²) in [5, 5.41) is 8.69. The molecule has 2 rings (SSSR count). The maximum Gasteiger partial charge on any atom is 0.318 e. The first-order chi connectivity index (χ1) is 11.0. The molecule has 1 heterocycles. The third-order valence-electron chi connectivity index (χ3n) is 3.31. The van der Waals surface area contributed by atoms with E-state index >= 15 is 0 Å². The number of esters is 1. The van der Waals surface area contributed by atoms with Gasteiger partial charge in [-0.15, -0.1) is 10.2 Å². The van der Waals surface area contributed by atoms with Crippen LogP contribution in [0.15, 0.2) is 29.4 Å². The Morgan fingerprint density at radius 2 is 2.00 bits per heavy atom. The number of rotatable bonds is 7. The first-order valence-electron chi connectivity index (χ1n) is 7.41. The molecular weight excluding hydrogens is 314 g/mol. The predicted molar refractivity (Wildman–Crippen MR) is 88.5 cm³/mol. The summed E-state index contributed by atoms with van der Waals surface area (Å²) in [6.45, 7) is 6.86. The summed E-state index contributed by atoms with van der Waals surface area (Å²) in [5.74, 6) is 1.24. The summed E-state index contributed by atoms with van der Waals surface area (Å²) >= 11 is 1.33. The van der Waals surface area contributed by atoms with E-state index in [1.807, 2.05) is 42.7 Å². The van der Waals surface area contributed by atoms with Crippen LogP contribution in [-0.2, 0) is 22.7 Å². The second-order valence-electron chi connectivity index (χ2n) is 5.03. The van der Waals surface area contributed by atoms with Gasteiger partial charge in [-0.2, -0.15) is 0 Å². The van der Waals surface area contributed by atoms with Gasteiger partial charge in [-0.25, -0.2) is 0 Å². The van der Waals surface area contributed by atoms with Crippen molar-refractivity contribution < 1.29 is 14.3 Å². The Morgan fingerprint density at radius 1 is 1.30 bits per heavy atom. The van der Waals surface area contributed by atoms with E-state index in [1.165, 1.54) is 24.4 Å². The number of carbonyl (C=O) groups excluding carboxylic acids is 1. The van der Waals surface area contributed by atoms with Crippen LogP contribution in [0, 0.1) is 6.92 Å². The molecule has 1 aromatic carbocycles. The van der Waals surface area contributed by atoms with Gasteiger partial charge in [0.05, 0.1) is 7.11 Å². The van der Waals surface area contributed by atoms with Crippen LogP contribution in [0.4, 0.5) is 0 Å². The van der Waals surface area contributed by atoms with Gasteiger partial charge in [-0.05, 0) is 32.9 Å². The Balaban J connectivity index is 2.05. The maximum atomic E-state index is 11.5. The summed E-state index contributed by atoms with van der Waals surface area (Å²) < 4.78 is 12.4. The van der Waals surface area contributed by atoms with E-state index in [4.69, 9.17) is 9.47 Å². The van der Waals surface area contributed by atoms with Gasteiger partial charge in [0.1, 0.15) is 17.6 Å². The van der Waals surface area contributed by atoms with Gasteiger partial charge in [-0.3, -0.25) is 4.79 Å². The molecule has 23 heavy (non-hydrogen) atoms. The monoisotopic (exact) mass is 335 g/mol. The molecule has 1 unspecified atom stereocenters. The molecule has 1 aromatic heterocycles. The summed E-state index contributed by atoms with van der Waals surface area (Å²) in [7, 11) is 1.38. The zero-order chi connectivity index (χ0) is 16.8. The molecule has 0 radical (unpaired) electrons. The van der Waals surface area contributed by atoms with Gasteiger partial charge in [0.2, 0.25) is 0 Å². The van der Waals surface area contributed by atoms with Crippen molar-refractivity contribution in [3.8, 4) is 5.75 Å². The van der Waals surface area contributed by atoms with E-state index in [0.717, 1.165) is 11.6 Å². The minimum atomic E-state index is -0.333. The second-order valence-corrected chi connectivity index (χ2v) is 6.34. The number of hydrogen-bond acceptors (Lipinski definition) is 6. The third kappa shape index (κ3) is 4.48. The highest BCUT2D eigenvalue weighted by molar-refractivity contribution is 8.00. The number of aromatic nitrogens is 3. The molecule has 0 bridgehead atoms. The smallest absolute Gasteiger partial charge is 0.318 e. The third-order valence-corrected chi connectivity index (χ3v) is 4.37. The first kappa shape index (κ1) is 17.3.